The molecular formula is C20H20ClN3O3S. The molecule has 3 aromatic rings. The van der Waals surface area contributed by atoms with Gasteiger partial charge in [-0.2, -0.15) is 5.10 Å². The van der Waals surface area contributed by atoms with Crippen LogP contribution >= 0.6 is 11.6 Å². The van der Waals surface area contributed by atoms with Crippen molar-refractivity contribution in [1.29, 1.82) is 0 Å². The number of sulfone groups is 1. The van der Waals surface area contributed by atoms with Crippen molar-refractivity contribution in [3.8, 4) is 5.69 Å². The zero-order valence-electron chi connectivity index (χ0n) is 15.3. The molecule has 1 aromatic heterocycles. The molecule has 0 unspecified atom stereocenters. The second-order valence-corrected chi connectivity index (χ2v) is 8.89. The Labute approximate surface area is 169 Å². The van der Waals surface area contributed by atoms with Gasteiger partial charge in [-0.25, -0.2) is 13.1 Å². The fraction of sp³-hybridized carbons (Fsp3) is 0.200. The van der Waals surface area contributed by atoms with Crippen molar-refractivity contribution in [2.45, 2.75) is 24.7 Å². The third-order valence-corrected chi connectivity index (χ3v) is 6.16. The first-order chi connectivity index (χ1) is 13.3. The Morgan fingerprint density at radius 2 is 1.79 bits per heavy atom. The molecule has 0 spiro atoms. The fourth-order valence-electron chi connectivity index (χ4n) is 2.74. The Bertz CT molecular complexity index is 1060. The van der Waals surface area contributed by atoms with Crippen LogP contribution in [0.1, 0.15) is 18.5 Å². The number of benzene rings is 2. The van der Waals surface area contributed by atoms with Crippen molar-refractivity contribution in [3.05, 3.63) is 71.4 Å². The van der Waals surface area contributed by atoms with Crippen molar-refractivity contribution in [3.63, 3.8) is 0 Å². The molecule has 1 heterocycles. The lowest BCUT2D eigenvalue weighted by Gasteiger charge is -2.09. The molecule has 28 heavy (non-hydrogen) atoms. The van der Waals surface area contributed by atoms with Crippen LogP contribution in [0.25, 0.3) is 5.69 Å². The molecule has 146 valence electrons. The number of carbonyl (C=O) groups excluding carboxylic acids is 1. The van der Waals surface area contributed by atoms with Gasteiger partial charge in [-0.1, -0.05) is 29.8 Å². The Hall–Kier alpha value is -2.64. The Balaban J connectivity index is 1.60. The summed E-state index contributed by atoms with van der Waals surface area (Å²) >= 11 is 5.79. The van der Waals surface area contributed by atoms with E-state index in [2.05, 4.69) is 10.4 Å². The van der Waals surface area contributed by atoms with Gasteiger partial charge in [0.05, 0.1) is 22.0 Å². The smallest absolute Gasteiger partial charge is 0.225 e. The number of nitrogens with one attached hydrogen (secondary N) is 1. The van der Waals surface area contributed by atoms with E-state index in [0.717, 1.165) is 11.4 Å². The summed E-state index contributed by atoms with van der Waals surface area (Å²) in [4.78, 5) is 12.5. The van der Waals surface area contributed by atoms with Crippen LogP contribution in [0.15, 0.2) is 65.6 Å². The molecule has 1 N–H and O–H groups in total. The van der Waals surface area contributed by atoms with E-state index in [9.17, 15) is 13.2 Å². The Morgan fingerprint density at radius 3 is 2.46 bits per heavy atom. The second-order valence-electron chi connectivity index (χ2n) is 6.34. The molecular weight excluding hydrogens is 398 g/mol. The highest BCUT2D eigenvalue weighted by Gasteiger charge is 2.16. The molecule has 0 aliphatic rings. The molecule has 0 saturated carbocycles. The van der Waals surface area contributed by atoms with E-state index in [0.29, 0.717) is 10.8 Å². The van der Waals surface area contributed by atoms with Crippen molar-refractivity contribution in [2.75, 3.05) is 11.1 Å². The normalized spacial score (nSPS) is 11.4. The predicted molar refractivity (Wildman–Crippen MR) is 110 cm³/mol. The van der Waals surface area contributed by atoms with E-state index < -0.39 is 9.84 Å². The average molecular weight is 418 g/mol. The van der Waals surface area contributed by atoms with Crippen LogP contribution in [0.2, 0.25) is 5.02 Å². The van der Waals surface area contributed by atoms with E-state index in [1.165, 1.54) is 24.3 Å². The standard InChI is InChI=1S/C20H20ClN3O3S/c1-15-14-19(24(23-15)17-6-3-2-4-7-17)22-20(25)8-5-13-28(26,27)18-11-9-16(21)10-12-18/h2-4,6-7,9-12,14H,5,8,13H2,1H3,(H,22,25). The summed E-state index contributed by atoms with van der Waals surface area (Å²) in [6, 6.07) is 17.2. The molecule has 0 fully saturated rings. The summed E-state index contributed by atoms with van der Waals surface area (Å²) in [7, 11) is -3.45. The van der Waals surface area contributed by atoms with Crippen molar-refractivity contribution >= 4 is 33.2 Å². The maximum Gasteiger partial charge on any atom is 0.225 e. The zero-order valence-corrected chi connectivity index (χ0v) is 16.9. The molecule has 1 amide bonds. The van der Waals surface area contributed by atoms with Crippen molar-refractivity contribution in [1.82, 2.24) is 9.78 Å². The minimum atomic E-state index is -3.45. The van der Waals surface area contributed by atoms with Gasteiger partial charge in [-0.15, -0.1) is 0 Å². The van der Waals surface area contributed by atoms with Gasteiger partial charge in [0.1, 0.15) is 5.82 Å². The summed E-state index contributed by atoms with van der Waals surface area (Å²) in [5, 5.41) is 7.68. The van der Waals surface area contributed by atoms with E-state index in [4.69, 9.17) is 11.6 Å². The first kappa shape index (κ1) is 20.1. The number of halogens is 1. The minimum Gasteiger partial charge on any atom is -0.311 e. The van der Waals surface area contributed by atoms with E-state index in [1.54, 1.807) is 10.7 Å². The van der Waals surface area contributed by atoms with Gasteiger partial charge >= 0.3 is 0 Å². The van der Waals surface area contributed by atoms with Crippen LogP contribution < -0.4 is 5.32 Å². The van der Waals surface area contributed by atoms with Crippen LogP contribution in [-0.4, -0.2) is 29.9 Å². The van der Waals surface area contributed by atoms with Crippen molar-refractivity contribution in [2.24, 2.45) is 0 Å². The highest BCUT2D eigenvalue weighted by Crippen LogP contribution is 2.19. The maximum atomic E-state index is 12.3. The third-order valence-electron chi connectivity index (χ3n) is 4.09. The zero-order chi connectivity index (χ0) is 20.1. The Kier molecular flexibility index (Phi) is 6.16. The van der Waals surface area contributed by atoms with Crippen LogP contribution in [0.5, 0.6) is 0 Å². The van der Waals surface area contributed by atoms with Gasteiger partial charge in [0.2, 0.25) is 5.91 Å². The number of hydrogen-bond acceptors (Lipinski definition) is 4. The third kappa shape index (κ3) is 4.99. The predicted octanol–water partition coefficient (Wildman–Crippen LogP) is 4.03. The quantitative estimate of drug-likeness (QED) is 0.629. The average Bonchev–Trinajstić information content (AvgIpc) is 3.02. The summed E-state index contributed by atoms with van der Waals surface area (Å²) in [5.41, 5.74) is 1.60. The first-order valence-corrected chi connectivity index (χ1v) is 10.8. The highest BCUT2D eigenvalue weighted by molar-refractivity contribution is 7.91. The first-order valence-electron chi connectivity index (χ1n) is 8.75. The van der Waals surface area contributed by atoms with Crippen molar-refractivity contribution < 1.29 is 13.2 Å². The van der Waals surface area contributed by atoms with Gasteiger partial charge < -0.3 is 5.32 Å². The number of rotatable bonds is 7. The number of carbonyl (C=O) groups is 1. The lowest BCUT2D eigenvalue weighted by atomic mass is 10.3. The van der Waals surface area contributed by atoms with Gasteiger partial charge in [0.25, 0.3) is 0 Å². The monoisotopic (exact) mass is 417 g/mol. The van der Waals surface area contributed by atoms with E-state index in [-0.39, 0.29) is 29.4 Å². The van der Waals surface area contributed by atoms with Gasteiger partial charge in [-0.3, -0.25) is 4.79 Å². The molecule has 0 aliphatic heterocycles. The Morgan fingerprint density at radius 1 is 1.11 bits per heavy atom. The number of nitrogens with zero attached hydrogens (tertiary/aromatic N) is 2. The number of aromatic nitrogens is 2. The van der Waals surface area contributed by atoms with E-state index in [1.807, 2.05) is 37.3 Å². The van der Waals surface area contributed by atoms with Crippen LogP contribution in [-0.2, 0) is 14.6 Å². The number of amides is 1. The number of aryl methyl sites for hydroxylation is 1. The number of hydrogen-bond donors (Lipinski definition) is 1. The SMILES string of the molecule is Cc1cc(NC(=O)CCCS(=O)(=O)c2ccc(Cl)cc2)n(-c2ccccc2)n1. The lowest BCUT2D eigenvalue weighted by Crippen LogP contribution is -2.16. The summed E-state index contributed by atoms with van der Waals surface area (Å²) < 4.78 is 26.3. The molecule has 0 saturated heterocycles. The van der Waals surface area contributed by atoms with Gasteiger partial charge in [-0.05, 0) is 49.7 Å². The number of para-hydroxylation sites is 1. The highest BCUT2D eigenvalue weighted by atomic mass is 35.5. The molecule has 0 aliphatic carbocycles. The largest absolute Gasteiger partial charge is 0.311 e. The molecule has 6 nitrogen and oxygen atoms in total. The maximum absolute atomic E-state index is 12.3. The molecule has 0 atom stereocenters. The molecule has 2 aromatic carbocycles. The van der Waals surface area contributed by atoms with E-state index >= 15 is 0 Å². The van der Waals surface area contributed by atoms with Gasteiger partial charge in [0.15, 0.2) is 9.84 Å². The van der Waals surface area contributed by atoms with Gasteiger partial charge in [0, 0.05) is 17.5 Å². The molecule has 3 rings (SSSR count). The summed E-state index contributed by atoms with van der Waals surface area (Å²) in [6.07, 6.45) is 0.307. The number of anilines is 1. The van der Waals surface area contributed by atoms with Crippen LogP contribution in [0, 0.1) is 6.92 Å². The second kappa shape index (κ2) is 8.58. The molecule has 0 radical (unpaired) electrons. The lowest BCUT2D eigenvalue weighted by molar-refractivity contribution is -0.116. The topological polar surface area (TPSA) is 81.1 Å². The fourth-order valence-corrected chi connectivity index (χ4v) is 4.18. The minimum absolute atomic E-state index is 0.0891. The molecule has 0 bridgehead atoms. The van der Waals surface area contributed by atoms with Crippen LogP contribution in [0.3, 0.4) is 0 Å². The van der Waals surface area contributed by atoms with Crippen LogP contribution in [0.4, 0.5) is 5.82 Å². The summed E-state index contributed by atoms with van der Waals surface area (Å²) in [5.74, 6) is 0.177. The summed E-state index contributed by atoms with van der Waals surface area (Å²) in [6.45, 7) is 1.84. The molecule has 8 heteroatoms.